The Balaban J connectivity index is 1.71. The number of carbonyl (C=O) groups excluding carboxylic acids is 1. The van der Waals surface area contributed by atoms with Crippen molar-refractivity contribution in [3.63, 3.8) is 0 Å². The van der Waals surface area contributed by atoms with E-state index in [-0.39, 0.29) is 11.7 Å². The lowest BCUT2D eigenvalue weighted by molar-refractivity contribution is -0.115. The van der Waals surface area contributed by atoms with Crippen LogP contribution in [0.3, 0.4) is 0 Å². The van der Waals surface area contributed by atoms with E-state index in [0.717, 1.165) is 0 Å². The molecule has 0 radical (unpaired) electrons. The first-order valence-corrected chi connectivity index (χ1v) is 7.28. The molecule has 1 amide bonds. The highest BCUT2D eigenvalue weighted by atomic mass is 32.2. The number of amidine groups is 1. The Morgan fingerprint density at radius 2 is 2.05 bits per heavy atom. The Kier molecular flexibility index (Phi) is 4.20. The van der Waals surface area contributed by atoms with E-state index in [9.17, 15) is 9.18 Å². The van der Waals surface area contributed by atoms with Crippen LogP contribution in [0.1, 0.15) is 5.76 Å². The molecule has 1 saturated heterocycles. The molecule has 0 saturated carbocycles. The average Bonchev–Trinajstić information content (AvgIpc) is 3.12. The van der Waals surface area contributed by atoms with Gasteiger partial charge >= 0.3 is 0 Å². The second-order valence-electron chi connectivity index (χ2n) is 4.36. The van der Waals surface area contributed by atoms with Crippen molar-refractivity contribution in [1.82, 2.24) is 5.32 Å². The normalized spacial score (nSPS) is 18.5. The standard InChI is InChI=1S/C16H11FN2O2S/c17-11-6-8-12(9-7-11)18-16-19-15(20)14(22-16)5-1-3-13-4-2-10-21-13/h1-10H,(H,18,19,20)/b3-1+,14-5+. The molecule has 0 atom stereocenters. The summed E-state index contributed by atoms with van der Waals surface area (Å²) in [6, 6.07) is 9.35. The van der Waals surface area contributed by atoms with Gasteiger partial charge in [-0.2, -0.15) is 0 Å². The van der Waals surface area contributed by atoms with Crippen molar-refractivity contribution in [2.45, 2.75) is 0 Å². The third-order valence-corrected chi connectivity index (χ3v) is 3.69. The molecule has 22 heavy (non-hydrogen) atoms. The molecule has 2 heterocycles. The van der Waals surface area contributed by atoms with Crippen LogP contribution in [0, 0.1) is 5.82 Å². The number of hydrogen-bond acceptors (Lipinski definition) is 4. The van der Waals surface area contributed by atoms with Gasteiger partial charge in [0, 0.05) is 0 Å². The molecule has 0 aliphatic carbocycles. The highest BCUT2D eigenvalue weighted by Crippen LogP contribution is 2.26. The Bertz CT molecular complexity index is 762. The number of allylic oxidation sites excluding steroid dienone is 2. The lowest BCUT2D eigenvalue weighted by atomic mass is 10.3. The van der Waals surface area contributed by atoms with Gasteiger partial charge in [0.15, 0.2) is 5.17 Å². The van der Waals surface area contributed by atoms with Crippen LogP contribution < -0.4 is 5.32 Å². The van der Waals surface area contributed by atoms with E-state index in [2.05, 4.69) is 10.3 Å². The van der Waals surface area contributed by atoms with Crippen molar-refractivity contribution in [1.29, 1.82) is 0 Å². The van der Waals surface area contributed by atoms with Gasteiger partial charge in [-0.15, -0.1) is 0 Å². The van der Waals surface area contributed by atoms with Gasteiger partial charge in [0.2, 0.25) is 0 Å². The van der Waals surface area contributed by atoms with Gasteiger partial charge in [-0.05, 0) is 60.3 Å². The quantitative estimate of drug-likeness (QED) is 0.875. The summed E-state index contributed by atoms with van der Waals surface area (Å²) < 4.78 is 18.0. The number of amides is 1. The summed E-state index contributed by atoms with van der Waals surface area (Å²) in [5.41, 5.74) is 0.580. The van der Waals surface area contributed by atoms with Crippen LogP contribution in [0.15, 0.2) is 69.1 Å². The van der Waals surface area contributed by atoms with Gasteiger partial charge in [0.1, 0.15) is 11.6 Å². The summed E-state index contributed by atoms with van der Waals surface area (Å²) in [7, 11) is 0. The van der Waals surface area contributed by atoms with Crippen LogP contribution in [-0.4, -0.2) is 11.1 Å². The Morgan fingerprint density at radius 3 is 2.77 bits per heavy atom. The Labute approximate surface area is 130 Å². The first-order chi connectivity index (χ1) is 10.7. The van der Waals surface area contributed by atoms with Crippen LogP contribution in [0.2, 0.25) is 0 Å². The first-order valence-electron chi connectivity index (χ1n) is 6.46. The van der Waals surface area contributed by atoms with Crippen molar-refractivity contribution in [2.24, 2.45) is 4.99 Å². The number of furan rings is 1. The van der Waals surface area contributed by atoms with Crippen LogP contribution in [0.5, 0.6) is 0 Å². The molecule has 3 rings (SSSR count). The van der Waals surface area contributed by atoms with Gasteiger partial charge < -0.3 is 9.73 Å². The maximum atomic E-state index is 12.8. The lowest BCUT2D eigenvalue weighted by Crippen LogP contribution is -2.19. The fourth-order valence-electron chi connectivity index (χ4n) is 1.74. The number of nitrogens with one attached hydrogen (secondary N) is 1. The smallest absolute Gasteiger partial charge is 0.264 e. The molecule has 0 bridgehead atoms. The molecule has 0 spiro atoms. The number of nitrogens with zero attached hydrogens (tertiary/aromatic N) is 1. The predicted octanol–water partition coefficient (Wildman–Crippen LogP) is 3.87. The van der Waals surface area contributed by atoms with E-state index in [1.165, 1.54) is 23.9 Å². The molecule has 6 heteroatoms. The van der Waals surface area contributed by atoms with Crippen molar-refractivity contribution in [2.75, 3.05) is 0 Å². The van der Waals surface area contributed by atoms with Crippen LogP contribution >= 0.6 is 11.8 Å². The third kappa shape index (κ3) is 3.53. The average molecular weight is 314 g/mol. The maximum absolute atomic E-state index is 12.8. The van der Waals surface area contributed by atoms with Gasteiger partial charge in [-0.25, -0.2) is 9.38 Å². The van der Waals surface area contributed by atoms with E-state index < -0.39 is 0 Å². The molecule has 1 N–H and O–H groups in total. The Hall–Kier alpha value is -2.60. The topological polar surface area (TPSA) is 54.6 Å². The molecule has 1 aliphatic rings. The molecule has 4 nitrogen and oxygen atoms in total. The summed E-state index contributed by atoms with van der Waals surface area (Å²) >= 11 is 1.23. The number of carbonyl (C=O) groups is 1. The number of halogens is 1. The lowest BCUT2D eigenvalue weighted by Gasteiger charge is -1.95. The van der Waals surface area contributed by atoms with Crippen molar-refractivity contribution >= 4 is 34.6 Å². The zero-order valence-corrected chi connectivity index (χ0v) is 12.1. The summed E-state index contributed by atoms with van der Waals surface area (Å²) in [4.78, 5) is 16.6. The largest absolute Gasteiger partial charge is 0.465 e. The second kappa shape index (κ2) is 6.44. The first kappa shape index (κ1) is 14.3. The second-order valence-corrected chi connectivity index (χ2v) is 5.39. The molecule has 1 fully saturated rings. The summed E-state index contributed by atoms with van der Waals surface area (Å²) in [5, 5.41) is 3.13. The molecule has 1 aromatic carbocycles. The van der Waals surface area contributed by atoms with E-state index in [1.54, 1.807) is 42.7 Å². The molecule has 1 aliphatic heterocycles. The molecular formula is C16H11FN2O2S. The number of aliphatic imine (C=N–C) groups is 1. The molecule has 110 valence electrons. The van der Waals surface area contributed by atoms with E-state index in [4.69, 9.17) is 4.42 Å². The van der Waals surface area contributed by atoms with Gasteiger partial charge in [0.05, 0.1) is 16.9 Å². The summed E-state index contributed by atoms with van der Waals surface area (Å²) in [6.45, 7) is 0. The maximum Gasteiger partial charge on any atom is 0.264 e. The van der Waals surface area contributed by atoms with Gasteiger partial charge in [0.25, 0.3) is 5.91 Å². The zero-order chi connectivity index (χ0) is 15.4. The van der Waals surface area contributed by atoms with Gasteiger partial charge in [-0.1, -0.05) is 6.08 Å². The number of benzene rings is 1. The van der Waals surface area contributed by atoms with E-state index >= 15 is 0 Å². The number of hydrogen-bond donors (Lipinski definition) is 1. The summed E-state index contributed by atoms with van der Waals surface area (Å²) in [5.74, 6) is 0.172. The minimum atomic E-state index is -0.323. The molecule has 2 aromatic rings. The highest BCUT2D eigenvalue weighted by molar-refractivity contribution is 8.18. The summed E-state index contributed by atoms with van der Waals surface area (Å²) in [6.07, 6.45) is 6.77. The molecule has 0 unspecified atom stereocenters. The SMILES string of the molecule is O=C1NC(=Nc2ccc(F)cc2)S/C1=C/C=C/c1ccco1. The van der Waals surface area contributed by atoms with E-state index in [1.807, 2.05) is 6.07 Å². The van der Waals surface area contributed by atoms with Crippen LogP contribution in [0.4, 0.5) is 10.1 Å². The predicted molar refractivity (Wildman–Crippen MR) is 85.1 cm³/mol. The highest BCUT2D eigenvalue weighted by Gasteiger charge is 2.23. The van der Waals surface area contributed by atoms with Gasteiger partial charge in [-0.3, -0.25) is 4.79 Å². The fraction of sp³-hybridized carbons (Fsp3) is 0. The zero-order valence-electron chi connectivity index (χ0n) is 11.3. The van der Waals surface area contributed by atoms with Crippen LogP contribution in [-0.2, 0) is 4.79 Å². The molecular weight excluding hydrogens is 303 g/mol. The number of thioether (sulfide) groups is 1. The fourth-order valence-corrected chi connectivity index (χ4v) is 2.54. The third-order valence-electron chi connectivity index (χ3n) is 2.76. The van der Waals surface area contributed by atoms with E-state index in [0.29, 0.717) is 21.5 Å². The number of rotatable bonds is 3. The van der Waals surface area contributed by atoms with Crippen molar-refractivity contribution < 1.29 is 13.6 Å². The minimum absolute atomic E-state index is 0.213. The van der Waals surface area contributed by atoms with Crippen LogP contribution in [0.25, 0.3) is 6.08 Å². The van der Waals surface area contributed by atoms with Crippen molar-refractivity contribution in [3.8, 4) is 0 Å². The monoisotopic (exact) mass is 314 g/mol. The van der Waals surface area contributed by atoms with Crippen molar-refractivity contribution in [3.05, 3.63) is 71.3 Å². The Morgan fingerprint density at radius 1 is 1.23 bits per heavy atom. The minimum Gasteiger partial charge on any atom is -0.465 e. The molecule has 1 aromatic heterocycles.